The van der Waals surface area contributed by atoms with Crippen LogP contribution in [0.25, 0.3) is 44.5 Å². The largest absolute Gasteiger partial charge is 0.392 e. The summed E-state index contributed by atoms with van der Waals surface area (Å²) in [6.07, 6.45) is 54.1. The van der Waals surface area contributed by atoms with Gasteiger partial charge in [0, 0.05) is 78.7 Å². The molecule has 0 spiro atoms. The van der Waals surface area contributed by atoms with Crippen LogP contribution in [0.1, 0.15) is 298 Å². The summed E-state index contributed by atoms with van der Waals surface area (Å²) in [5.74, 6) is 19.5. The highest BCUT2D eigenvalue weighted by Gasteiger charge is 2.15. The second kappa shape index (κ2) is 64.4. The monoisotopic (exact) mass is 1900 g/mol. The molecule has 0 bridgehead atoms. The number of benzene rings is 9. The summed E-state index contributed by atoms with van der Waals surface area (Å²) < 4.78 is 3.79. The lowest BCUT2D eigenvalue weighted by molar-refractivity contribution is 0.282. The number of unbranched alkanes of at least 4 members (excludes halogenated alkanes) is 24. The molecule has 0 aliphatic carbocycles. The summed E-state index contributed by atoms with van der Waals surface area (Å²) in [6, 6.07) is 69.6. The molecule has 1 N–H and O–H groups in total. The van der Waals surface area contributed by atoms with Gasteiger partial charge in [0.15, 0.2) is 0 Å². The van der Waals surface area contributed by atoms with Crippen LogP contribution in [0.4, 0.5) is 0 Å². The lowest BCUT2D eigenvalue weighted by atomic mass is 9.90. The van der Waals surface area contributed by atoms with Gasteiger partial charge in [-0.15, -0.1) is 18.8 Å². The van der Waals surface area contributed by atoms with Crippen molar-refractivity contribution in [2.45, 2.75) is 276 Å². The van der Waals surface area contributed by atoms with Crippen molar-refractivity contribution in [1.29, 1.82) is 0 Å². The van der Waals surface area contributed by atoms with Crippen molar-refractivity contribution in [1.82, 2.24) is 0 Å². The van der Waals surface area contributed by atoms with Crippen molar-refractivity contribution in [2.75, 3.05) is 0 Å². The van der Waals surface area contributed by atoms with E-state index in [9.17, 15) is 0 Å². The molecule has 0 aromatic heterocycles. The predicted molar refractivity (Wildman–Crippen MR) is 534 cm³/mol. The van der Waals surface area contributed by atoms with Gasteiger partial charge in [-0.1, -0.05) is 361 Å². The quantitative estimate of drug-likeness (QED) is 0.0238. The minimum absolute atomic E-state index is 0. The Bertz CT molecular complexity index is 4170. The van der Waals surface area contributed by atoms with Gasteiger partial charge in [-0.05, 0) is 278 Å². The fourth-order valence-corrected chi connectivity index (χ4v) is 14.2. The molecule has 0 atom stereocenters. The summed E-state index contributed by atoms with van der Waals surface area (Å²) in [4.78, 5) is 0. The third kappa shape index (κ3) is 41.7. The van der Waals surface area contributed by atoms with Crippen LogP contribution in [-0.2, 0) is 72.4 Å². The molecule has 0 fully saturated rings. The third-order valence-electron chi connectivity index (χ3n) is 19.5. The Balaban J connectivity index is 0.000000592. The molecular formula is C104H131I3OS4. The van der Waals surface area contributed by atoms with Gasteiger partial charge in [0.1, 0.15) is 0 Å². The highest BCUT2D eigenvalue weighted by atomic mass is 127. The molecule has 598 valence electrons. The first-order valence-electron chi connectivity index (χ1n) is 40.4. The van der Waals surface area contributed by atoms with E-state index in [1.807, 2.05) is 31.2 Å². The highest BCUT2D eigenvalue weighted by Crippen LogP contribution is 2.35. The number of aliphatic hydroxyl groups is 1. The van der Waals surface area contributed by atoms with Crippen LogP contribution in [0.3, 0.4) is 0 Å². The Morgan fingerprint density at radius 1 is 0.312 bits per heavy atom. The fourth-order valence-electron chi connectivity index (χ4n) is 13.1. The van der Waals surface area contributed by atoms with Gasteiger partial charge in [0.05, 0.1) is 6.61 Å². The van der Waals surface area contributed by atoms with Gasteiger partial charge < -0.3 is 5.11 Å². The number of rotatable bonds is 37. The highest BCUT2D eigenvalue weighted by molar-refractivity contribution is 14.1. The second-order valence-electron chi connectivity index (χ2n) is 28.3. The summed E-state index contributed by atoms with van der Waals surface area (Å²) in [5, 5.41) is 8.63. The predicted octanol–water partition coefficient (Wildman–Crippen LogP) is 31.8. The average molecular weight is 1910 g/mol. The number of aliphatic hydroxyl groups excluding tert-OH is 1. The molecule has 0 saturated heterocycles. The van der Waals surface area contributed by atoms with Crippen molar-refractivity contribution in [3.8, 4) is 92.9 Å². The zero-order valence-electron chi connectivity index (χ0n) is 66.2. The molecule has 1 nitrogen and oxygen atoms in total. The molecule has 8 heteroatoms. The Morgan fingerprint density at radius 3 is 0.812 bits per heavy atom. The maximum atomic E-state index is 8.63. The van der Waals surface area contributed by atoms with Crippen LogP contribution in [-0.4, -0.2) is 5.11 Å². The van der Waals surface area contributed by atoms with Crippen LogP contribution >= 0.6 is 67.8 Å². The topological polar surface area (TPSA) is 20.2 Å². The standard InChI is InChI=1S/C48H58.C40H50.C7H7IO.C6H4I2.3CH4.S4/c1-5-8-10-12-14-16-18-21-40-27-32-43(33-28-40)47-38-46(36-31-42-25-23-39(4)24-26-42)48(37-45(47)20-7-3)44-34-29-41(30-35-44)22-19-17-15-13-11-9-6-2;1-5-9-11-13-15-17-19-21-33-23-27-37(28-24-33)39-31-36(8-4)40(32-35(39)7-3)38-29-25-34(26-30-38)22-20-18-16-14-12-10-6-2;8-7-3-1-6(5-9)2-4-7;7-5-1-2-6(8)4-3-5;;;;1-3-4-2/h23-30,32-35,37-38H,5-6,8-19,21-22H2,1-4H3;3-4,23-32H,5-6,9-22H2,1-2H3;1-4,9H,5H2;1-4H;3*1H4;. The molecule has 9 aromatic carbocycles. The van der Waals surface area contributed by atoms with E-state index in [2.05, 4.69) is 330 Å². The van der Waals surface area contributed by atoms with Gasteiger partial charge >= 0.3 is 0 Å². The maximum absolute atomic E-state index is 8.63. The van der Waals surface area contributed by atoms with E-state index in [4.69, 9.17) is 18.0 Å². The lowest BCUT2D eigenvalue weighted by Crippen LogP contribution is -1.94. The van der Waals surface area contributed by atoms with E-state index in [0.29, 0.717) is 0 Å². The zero-order chi connectivity index (χ0) is 78.3. The van der Waals surface area contributed by atoms with E-state index in [0.717, 1.165) is 92.4 Å². The van der Waals surface area contributed by atoms with Crippen molar-refractivity contribution in [2.24, 2.45) is 0 Å². The minimum Gasteiger partial charge on any atom is -0.392 e. The Labute approximate surface area is 740 Å². The fraction of sp³-hybridized carbons (Fsp3) is 0.404. The third-order valence-corrected chi connectivity index (χ3v) is 23.9. The maximum Gasteiger partial charge on any atom is 0.0681 e. The van der Waals surface area contributed by atoms with Crippen LogP contribution in [0.15, 0.2) is 194 Å². The van der Waals surface area contributed by atoms with Crippen LogP contribution in [0.2, 0.25) is 0 Å². The Kier molecular flexibility index (Phi) is 58.9. The number of halogens is 3. The Morgan fingerprint density at radius 2 is 0.554 bits per heavy atom. The van der Waals surface area contributed by atoms with Crippen LogP contribution < -0.4 is 0 Å². The molecular weight excluding hydrogens is 1770 g/mol. The first-order valence-corrected chi connectivity index (χ1v) is 47.6. The normalized spacial score (nSPS) is 10.0. The molecule has 0 aliphatic heterocycles. The molecule has 0 amide bonds. The first-order chi connectivity index (χ1) is 53.3. The van der Waals surface area contributed by atoms with Crippen molar-refractivity contribution < 1.29 is 5.11 Å². The van der Waals surface area contributed by atoms with Gasteiger partial charge in [0.25, 0.3) is 0 Å². The van der Waals surface area contributed by atoms with Crippen molar-refractivity contribution in [3.05, 3.63) is 266 Å². The average Bonchev–Trinajstić information content (AvgIpc) is 0.787. The van der Waals surface area contributed by atoms with Gasteiger partial charge in [-0.2, -0.15) is 0 Å². The molecule has 0 saturated carbocycles. The lowest BCUT2D eigenvalue weighted by Gasteiger charge is -2.13. The summed E-state index contributed by atoms with van der Waals surface area (Å²) in [6.45, 7) is 13.3. The SMILES string of the molecule is C.C.C.C#Cc1cc(-c2ccc(CCCCCCCCC)cc2)c(C#C)cc1-c1ccc(CCCCCCCCC)cc1.CC#Cc1cc(-c2ccc(CCCCCCCCC)cc2)c(C#Cc2ccc(C)cc2)cc1-c1ccc(CCCCCCCCC)cc1.Ic1ccc(I)cc1.OCc1ccc(I)cc1.S=S=S=S. The smallest absolute Gasteiger partial charge is 0.0681 e. The Hall–Kier alpha value is -5.75. The van der Waals surface area contributed by atoms with E-state index in [1.165, 1.54) is 247 Å². The molecule has 112 heavy (non-hydrogen) atoms. The number of hydrogen-bond donors (Lipinski definition) is 1. The van der Waals surface area contributed by atoms with E-state index >= 15 is 0 Å². The molecule has 9 aromatic rings. The number of hydrogen-bond acceptors (Lipinski definition) is 3. The molecule has 0 unspecified atom stereocenters. The summed E-state index contributed by atoms with van der Waals surface area (Å²) >= 11 is 15.5. The number of terminal acetylenes is 2. The number of aryl methyl sites for hydroxylation is 5. The summed E-state index contributed by atoms with van der Waals surface area (Å²) in [5.41, 5.74) is 21.8. The van der Waals surface area contributed by atoms with E-state index in [-0.39, 0.29) is 28.9 Å². The summed E-state index contributed by atoms with van der Waals surface area (Å²) in [7, 11) is 2.34. The second-order valence-corrected chi connectivity index (χ2v) is 35.6. The van der Waals surface area contributed by atoms with E-state index in [1.54, 1.807) is 0 Å². The molecule has 0 radical (unpaired) electrons. The van der Waals surface area contributed by atoms with Crippen LogP contribution in [0, 0.1) is 66.0 Å². The van der Waals surface area contributed by atoms with Crippen molar-refractivity contribution >= 4 is 108 Å². The van der Waals surface area contributed by atoms with Gasteiger partial charge in [-0.25, -0.2) is 0 Å². The molecule has 9 rings (SSSR count). The van der Waals surface area contributed by atoms with Crippen LogP contribution in [0.5, 0.6) is 0 Å². The molecule has 0 heterocycles. The van der Waals surface area contributed by atoms with Crippen molar-refractivity contribution in [3.63, 3.8) is 0 Å². The van der Waals surface area contributed by atoms with Gasteiger partial charge in [-0.3, -0.25) is 0 Å². The minimum atomic E-state index is 0. The van der Waals surface area contributed by atoms with Gasteiger partial charge in [0.2, 0.25) is 0 Å². The van der Waals surface area contributed by atoms with E-state index < -0.39 is 0 Å². The molecule has 0 aliphatic rings. The zero-order valence-corrected chi connectivity index (χ0v) is 75.9. The first kappa shape index (κ1) is 102.